The summed E-state index contributed by atoms with van der Waals surface area (Å²) < 4.78 is 18.9. The maximum absolute atomic E-state index is 13.6. The number of nitrogens with zero attached hydrogens (tertiary/aromatic N) is 2. The number of nitrogens with one attached hydrogen (secondary N) is 2. The molecule has 1 aromatic carbocycles. The number of hydrogen-bond acceptors (Lipinski definition) is 4. The van der Waals surface area contributed by atoms with Gasteiger partial charge in [0.2, 0.25) is 0 Å². The predicted molar refractivity (Wildman–Crippen MR) is 94.2 cm³/mol. The van der Waals surface area contributed by atoms with Gasteiger partial charge in [0, 0.05) is 25.2 Å². The third-order valence-electron chi connectivity index (χ3n) is 3.63. The number of hydrazone groups is 1. The van der Waals surface area contributed by atoms with Gasteiger partial charge in [-0.2, -0.15) is 5.10 Å². The molecule has 1 saturated heterocycles. The van der Waals surface area contributed by atoms with Gasteiger partial charge in [-0.3, -0.25) is 10.3 Å². The van der Waals surface area contributed by atoms with Crippen molar-refractivity contribution in [1.29, 1.82) is 0 Å². The van der Waals surface area contributed by atoms with E-state index in [1.165, 1.54) is 6.07 Å². The lowest BCUT2D eigenvalue weighted by Crippen LogP contribution is -2.39. The summed E-state index contributed by atoms with van der Waals surface area (Å²) in [5.41, 5.74) is 3.78. The first-order valence-corrected chi connectivity index (χ1v) is 8.21. The highest BCUT2D eigenvalue weighted by Crippen LogP contribution is 2.07. The first kappa shape index (κ1) is 17.8. The lowest BCUT2D eigenvalue weighted by Gasteiger charge is -2.26. The van der Waals surface area contributed by atoms with Gasteiger partial charge in [-0.1, -0.05) is 18.2 Å². The Labute approximate surface area is 141 Å². The molecular weight excluding hydrogens is 315 g/mol. The molecule has 0 aliphatic carbocycles. The van der Waals surface area contributed by atoms with Crippen molar-refractivity contribution in [1.82, 2.24) is 15.6 Å². The standard InChI is InChI=1S/C16H23FN4OS/c1-13(14-5-2-3-6-15(14)17)19-20-16(23)18-7-4-8-21-9-11-22-12-10-21/h2-3,5-6H,4,7-12H2,1H3,(H2,18,20,23)/b19-13-. The van der Waals surface area contributed by atoms with E-state index in [1.807, 2.05) is 0 Å². The number of thiocarbonyl (C=S) groups is 1. The quantitative estimate of drug-likeness (QED) is 0.358. The largest absolute Gasteiger partial charge is 0.379 e. The minimum atomic E-state index is -0.292. The maximum atomic E-state index is 13.6. The van der Waals surface area contributed by atoms with Crippen molar-refractivity contribution in [2.75, 3.05) is 39.4 Å². The average Bonchev–Trinajstić information content (AvgIpc) is 2.58. The molecule has 23 heavy (non-hydrogen) atoms. The molecule has 7 heteroatoms. The molecule has 0 saturated carbocycles. The molecule has 1 fully saturated rings. The summed E-state index contributed by atoms with van der Waals surface area (Å²) in [5.74, 6) is -0.292. The van der Waals surface area contributed by atoms with E-state index in [4.69, 9.17) is 17.0 Å². The first-order chi connectivity index (χ1) is 11.2. The normalized spacial score (nSPS) is 16.2. The number of halogens is 1. The van der Waals surface area contributed by atoms with Gasteiger partial charge in [-0.25, -0.2) is 4.39 Å². The lowest BCUT2D eigenvalue weighted by molar-refractivity contribution is 0.0376. The van der Waals surface area contributed by atoms with Crippen LogP contribution in [0.1, 0.15) is 18.9 Å². The van der Waals surface area contributed by atoms with Crippen LogP contribution in [0.4, 0.5) is 4.39 Å². The van der Waals surface area contributed by atoms with E-state index in [1.54, 1.807) is 25.1 Å². The Bertz CT molecular complexity index is 547. The Kier molecular flexibility index (Phi) is 7.38. The highest BCUT2D eigenvalue weighted by atomic mass is 32.1. The number of benzene rings is 1. The summed E-state index contributed by atoms with van der Waals surface area (Å²) in [6.07, 6.45) is 0.998. The molecule has 2 N–H and O–H groups in total. The van der Waals surface area contributed by atoms with Crippen molar-refractivity contribution in [2.45, 2.75) is 13.3 Å². The van der Waals surface area contributed by atoms with Crippen molar-refractivity contribution < 1.29 is 9.13 Å². The summed E-state index contributed by atoms with van der Waals surface area (Å²) in [7, 11) is 0. The zero-order valence-corrected chi connectivity index (χ0v) is 14.2. The van der Waals surface area contributed by atoms with Gasteiger partial charge in [0.15, 0.2) is 5.11 Å². The van der Waals surface area contributed by atoms with Crippen LogP contribution in [0.15, 0.2) is 29.4 Å². The second-order valence-electron chi connectivity index (χ2n) is 5.35. The van der Waals surface area contributed by atoms with E-state index >= 15 is 0 Å². The number of rotatable bonds is 6. The molecule has 1 aliphatic heterocycles. The number of morpholine rings is 1. The highest BCUT2D eigenvalue weighted by Gasteiger charge is 2.09. The Morgan fingerprint density at radius 2 is 2.09 bits per heavy atom. The van der Waals surface area contributed by atoms with E-state index in [2.05, 4.69) is 20.7 Å². The van der Waals surface area contributed by atoms with Gasteiger partial charge in [0.05, 0.1) is 18.9 Å². The molecule has 1 aliphatic rings. The van der Waals surface area contributed by atoms with Crippen molar-refractivity contribution in [3.63, 3.8) is 0 Å². The minimum absolute atomic E-state index is 0.292. The third kappa shape index (κ3) is 6.21. The third-order valence-corrected chi connectivity index (χ3v) is 3.86. The van der Waals surface area contributed by atoms with E-state index in [0.717, 1.165) is 45.8 Å². The van der Waals surface area contributed by atoms with Crippen molar-refractivity contribution in [2.24, 2.45) is 5.10 Å². The fraction of sp³-hybridized carbons (Fsp3) is 0.500. The molecule has 0 unspecified atom stereocenters. The first-order valence-electron chi connectivity index (χ1n) is 7.80. The van der Waals surface area contributed by atoms with Crippen LogP contribution < -0.4 is 10.7 Å². The predicted octanol–water partition coefficient (Wildman–Crippen LogP) is 1.74. The molecule has 0 bridgehead atoms. The van der Waals surface area contributed by atoms with Crippen LogP contribution >= 0.6 is 12.2 Å². The molecular formula is C16H23FN4OS. The lowest BCUT2D eigenvalue weighted by atomic mass is 10.1. The smallest absolute Gasteiger partial charge is 0.186 e. The average molecular weight is 338 g/mol. The van der Waals surface area contributed by atoms with Gasteiger partial charge in [0.25, 0.3) is 0 Å². The Morgan fingerprint density at radius 1 is 1.35 bits per heavy atom. The van der Waals surface area contributed by atoms with Gasteiger partial charge in [-0.05, 0) is 38.2 Å². The molecule has 1 aromatic rings. The Balaban J connectivity index is 1.66. The van der Waals surface area contributed by atoms with Crippen molar-refractivity contribution >= 4 is 23.0 Å². The Morgan fingerprint density at radius 3 is 2.83 bits per heavy atom. The second kappa shape index (κ2) is 9.54. The van der Waals surface area contributed by atoms with Crippen LogP contribution in [0.3, 0.4) is 0 Å². The fourth-order valence-electron chi connectivity index (χ4n) is 2.32. The zero-order valence-electron chi connectivity index (χ0n) is 13.3. The summed E-state index contributed by atoms with van der Waals surface area (Å²) in [6.45, 7) is 7.17. The fourth-order valence-corrected chi connectivity index (χ4v) is 2.47. The molecule has 5 nitrogen and oxygen atoms in total. The summed E-state index contributed by atoms with van der Waals surface area (Å²) in [4.78, 5) is 2.38. The van der Waals surface area contributed by atoms with Gasteiger partial charge in [-0.15, -0.1) is 0 Å². The number of hydrogen-bond donors (Lipinski definition) is 2. The summed E-state index contributed by atoms with van der Waals surface area (Å²) in [5, 5.41) is 7.67. The molecule has 0 spiro atoms. The highest BCUT2D eigenvalue weighted by molar-refractivity contribution is 7.80. The Hall–Kier alpha value is -1.57. The molecule has 1 heterocycles. The van der Waals surface area contributed by atoms with Crippen molar-refractivity contribution in [3.8, 4) is 0 Å². The van der Waals surface area contributed by atoms with Gasteiger partial charge in [0.1, 0.15) is 5.82 Å². The second-order valence-corrected chi connectivity index (χ2v) is 5.76. The SMILES string of the molecule is C/C(=N/NC(=S)NCCCN1CCOCC1)c1ccccc1F. The zero-order chi connectivity index (χ0) is 16.5. The van der Waals surface area contributed by atoms with E-state index in [9.17, 15) is 4.39 Å². The molecule has 2 rings (SSSR count). The topological polar surface area (TPSA) is 48.9 Å². The van der Waals surface area contributed by atoms with Gasteiger partial charge >= 0.3 is 0 Å². The van der Waals surface area contributed by atoms with E-state index in [0.29, 0.717) is 16.4 Å². The van der Waals surface area contributed by atoms with Crippen LogP contribution in [0, 0.1) is 5.82 Å². The summed E-state index contributed by atoms with van der Waals surface area (Å²) >= 11 is 5.17. The molecule has 0 atom stereocenters. The van der Waals surface area contributed by atoms with Crippen LogP contribution in [-0.2, 0) is 4.74 Å². The van der Waals surface area contributed by atoms with Crippen LogP contribution in [-0.4, -0.2) is 55.1 Å². The molecule has 0 radical (unpaired) electrons. The maximum Gasteiger partial charge on any atom is 0.186 e. The van der Waals surface area contributed by atoms with Crippen molar-refractivity contribution in [3.05, 3.63) is 35.6 Å². The monoisotopic (exact) mass is 338 g/mol. The molecule has 126 valence electrons. The number of ether oxygens (including phenoxy) is 1. The van der Waals surface area contributed by atoms with Gasteiger partial charge < -0.3 is 10.1 Å². The van der Waals surface area contributed by atoms with E-state index < -0.39 is 0 Å². The minimum Gasteiger partial charge on any atom is -0.379 e. The van der Waals surface area contributed by atoms with E-state index in [-0.39, 0.29) is 5.82 Å². The summed E-state index contributed by atoms with van der Waals surface area (Å²) in [6, 6.07) is 6.53. The molecule has 0 aromatic heterocycles. The van der Waals surface area contributed by atoms with Crippen LogP contribution in [0.5, 0.6) is 0 Å². The molecule has 0 amide bonds. The van der Waals surface area contributed by atoms with Crippen LogP contribution in [0.25, 0.3) is 0 Å². The van der Waals surface area contributed by atoms with Crippen LogP contribution in [0.2, 0.25) is 0 Å².